The first-order valence-electron chi connectivity index (χ1n) is 7.40. The number of sulfonamides is 1. The molecule has 1 aliphatic heterocycles. The minimum Gasteiger partial charge on any atom is -0.355 e. The highest BCUT2D eigenvalue weighted by molar-refractivity contribution is 7.89. The average molecular weight is 365 g/mol. The largest absolute Gasteiger partial charge is 0.355 e. The van der Waals surface area contributed by atoms with Gasteiger partial charge in [0.2, 0.25) is 15.9 Å². The van der Waals surface area contributed by atoms with Crippen molar-refractivity contribution < 1.29 is 26.4 Å². The third-order valence-corrected chi connectivity index (χ3v) is 5.67. The van der Waals surface area contributed by atoms with Crippen molar-refractivity contribution in [2.45, 2.75) is 17.7 Å². The zero-order chi connectivity index (χ0) is 17.9. The lowest BCUT2D eigenvalue weighted by molar-refractivity contribution is -0.126. The third-order valence-electron chi connectivity index (χ3n) is 3.79. The summed E-state index contributed by atoms with van der Waals surface area (Å²) in [7, 11) is -4.37. The fourth-order valence-electron chi connectivity index (χ4n) is 2.56. The van der Waals surface area contributed by atoms with Gasteiger partial charge >= 0.3 is 0 Å². The Morgan fingerprint density at radius 1 is 1.25 bits per heavy atom. The normalized spacial score (nSPS) is 19.2. The Morgan fingerprint density at radius 3 is 2.58 bits per heavy atom. The molecule has 0 aliphatic carbocycles. The number of nitrogens with one attached hydrogen (secondary N) is 1. The Bertz CT molecular complexity index is 727. The summed E-state index contributed by atoms with van der Waals surface area (Å²) in [5, 5.41) is 2.57. The number of hydrogen-bond donors (Lipinski definition) is 2. The maximum atomic E-state index is 13.8. The zero-order valence-electron chi connectivity index (χ0n) is 12.8. The molecule has 1 aromatic carbocycles. The highest BCUT2D eigenvalue weighted by Crippen LogP contribution is 2.26. The molecule has 1 saturated heterocycles. The van der Waals surface area contributed by atoms with Gasteiger partial charge in [-0.05, 0) is 18.9 Å². The first-order valence-corrected chi connectivity index (χ1v) is 8.84. The van der Waals surface area contributed by atoms with Gasteiger partial charge in [0.05, 0.1) is 5.92 Å². The predicted octanol–water partition coefficient (Wildman–Crippen LogP) is 0.579. The molecular weight excluding hydrogens is 347 g/mol. The van der Waals surface area contributed by atoms with Crippen LogP contribution in [0.15, 0.2) is 17.0 Å². The number of halogens is 3. The number of rotatable bonds is 5. The number of hydrogen-bond acceptors (Lipinski definition) is 4. The van der Waals surface area contributed by atoms with E-state index in [1.54, 1.807) is 0 Å². The molecule has 1 amide bonds. The fraction of sp³-hybridized carbons (Fsp3) is 0.500. The van der Waals surface area contributed by atoms with Gasteiger partial charge in [0.25, 0.3) is 0 Å². The summed E-state index contributed by atoms with van der Waals surface area (Å²) in [4.78, 5) is 11.0. The van der Waals surface area contributed by atoms with Gasteiger partial charge in [0.15, 0.2) is 11.6 Å². The Morgan fingerprint density at radius 2 is 1.92 bits per heavy atom. The quantitative estimate of drug-likeness (QED) is 0.747. The molecule has 10 heteroatoms. The molecule has 1 unspecified atom stereocenters. The van der Waals surface area contributed by atoms with Gasteiger partial charge in [-0.25, -0.2) is 21.6 Å². The highest BCUT2D eigenvalue weighted by atomic mass is 32.2. The van der Waals surface area contributed by atoms with Gasteiger partial charge in [-0.2, -0.15) is 4.31 Å². The Labute approximate surface area is 137 Å². The monoisotopic (exact) mass is 365 g/mol. The fourth-order valence-corrected chi connectivity index (χ4v) is 4.14. The van der Waals surface area contributed by atoms with E-state index in [2.05, 4.69) is 5.32 Å². The molecule has 1 fully saturated rings. The van der Waals surface area contributed by atoms with Crippen LogP contribution in [0.4, 0.5) is 13.2 Å². The molecule has 0 radical (unpaired) electrons. The highest BCUT2D eigenvalue weighted by Gasteiger charge is 2.35. The number of benzene rings is 1. The number of carbonyl (C=O) groups is 1. The topological polar surface area (TPSA) is 92.5 Å². The maximum absolute atomic E-state index is 13.8. The van der Waals surface area contributed by atoms with E-state index in [0.29, 0.717) is 18.9 Å². The van der Waals surface area contributed by atoms with E-state index < -0.39 is 38.3 Å². The van der Waals surface area contributed by atoms with E-state index in [1.165, 1.54) is 0 Å². The molecule has 1 heterocycles. The molecule has 2 rings (SSSR count). The van der Waals surface area contributed by atoms with Crippen molar-refractivity contribution in [1.82, 2.24) is 9.62 Å². The van der Waals surface area contributed by atoms with E-state index in [-0.39, 0.29) is 38.2 Å². The van der Waals surface area contributed by atoms with Crippen molar-refractivity contribution in [3.63, 3.8) is 0 Å². The summed E-state index contributed by atoms with van der Waals surface area (Å²) < 4.78 is 66.0. The van der Waals surface area contributed by atoms with Gasteiger partial charge in [-0.1, -0.05) is 0 Å². The van der Waals surface area contributed by atoms with Crippen molar-refractivity contribution >= 4 is 15.9 Å². The maximum Gasteiger partial charge on any atom is 0.246 e. The standard InChI is InChI=1S/C14H18F3N3O3S/c15-10-6-12(17)13(7-11(10)16)24(22,23)20-5-1-2-9(8-20)14(21)19-4-3-18/h6-7,9H,1-5,8,18H2,(H,19,21). The van der Waals surface area contributed by atoms with Gasteiger partial charge < -0.3 is 11.1 Å². The van der Waals surface area contributed by atoms with Crippen LogP contribution in [0.5, 0.6) is 0 Å². The van der Waals surface area contributed by atoms with E-state index in [4.69, 9.17) is 5.73 Å². The van der Waals surface area contributed by atoms with Gasteiger partial charge in [0.1, 0.15) is 10.7 Å². The number of piperidine rings is 1. The minimum absolute atomic E-state index is 0.0709. The first-order chi connectivity index (χ1) is 11.3. The second-order valence-corrected chi connectivity index (χ2v) is 7.39. The van der Waals surface area contributed by atoms with Crippen molar-refractivity contribution in [3.8, 4) is 0 Å². The number of nitrogens with two attached hydrogens (primary N) is 1. The second-order valence-electron chi connectivity index (χ2n) is 5.48. The van der Waals surface area contributed by atoms with Crippen molar-refractivity contribution in [2.75, 3.05) is 26.2 Å². The SMILES string of the molecule is NCCNC(=O)C1CCCN(S(=O)(=O)c2cc(F)c(F)cc2F)C1. The summed E-state index contributed by atoms with van der Waals surface area (Å²) in [5.74, 6) is -5.24. The van der Waals surface area contributed by atoms with Crippen LogP contribution in [-0.4, -0.2) is 44.8 Å². The van der Waals surface area contributed by atoms with E-state index in [9.17, 15) is 26.4 Å². The second kappa shape index (κ2) is 7.49. The molecule has 24 heavy (non-hydrogen) atoms. The van der Waals surface area contributed by atoms with Crippen LogP contribution in [-0.2, 0) is 14.8 Å². The summed E-state index contributed by atoms with van der Waals surface area (Å²) >= 11 is 0. The molecule has 0 bridgehead atoms. The Hall–Kier alpha value is -1.65. The van der Waals surface area contributed by atoms with E-state index >= 15 is 0 Å². The van der Waals surface area contributed by atoms with Crippen LogP contribution in [0.25, 0.3) is 0 Å². The minimum atomic E-state index is -4.37. The molecule has 1 aliphatic rings. The van der Waals surface area contributed by atoms with Crippen LogP contribution in [0.1, 0.15) is 12.8 Å². The molecule has 0 saturated carbocycles. The van der Waals surface area contributed by atoms with Crippen LogP contribution in [0.3, 0.4) is 0 Å². The molecule has 0 aromatic heterocycles. The smallest absolute Gasteiger partial charge is 0.246 e. The number of carbonyl (C=O) groups excluding carboxylic acids is 1. The Kier molecular flexibility index (Phi) is 5.83. The molecule has 134 valence electrons. The number of nitrogens with zero attached hydrogens (tertiary/aromatic N) is 1. The lowest BCUT2D eigenvalue weighted by atomic mass is 9.99. The third kappa shape index (κ3) is 3.87. The predicted molar refractivity (Wildman–Crippen MR) is 79.9 cm³/mol. The summed E-state index contributed by atoms with van der Waals surface area (Å²) in [6, 6.07) is 0.510. The Balaban J connectivity index is 2.23. The molecule has 0 spiro atoms. The van der Waals surface area contributed by atoms with E-state index in [1.807, 2.05) is 0 Å². The summed E-state index contributed by atoms with van der Waals surface area (Å²) in [6.07, 6.45) is 0.869. The van der Waals surface area contributed by atoms with Crippen molar-refractivity contribution in [2.24, 2.45) is 11.7 Å². The lowest BCUT2D eigenvalue weighted by Gasteiger charge is -2.31. The van der Waals surface area contributed by atoms with Crippen LogP contribution in [0, 0.1) is 23.4 Å². The van der Waals surface area contributed by atoms with Crippen molar-refractivity contribution in [1.29, 1.82) is 0 Å². The van der Waals surface area contributed by atoms with Crippen LogP contribution in [0.2, 0.25) is 0 Å². The molecule has 1 atom stereocenters. The zero-order valence-corrected chi connectivity index (χ0v) is 13.6. The van der Waals surface area contributed by atoms with Crippen molar-refractivity contribution in [3.05, 3.63) is 29.6 Å². The summed E-state index contributed by atoms with van der Waals surface area (Å²) in [5.41, 5.74) is 5.29. The lowest BCUT2D eigenvalue weighted by Crippen LogP contribution is -2.46. The van der Waals surface area contributed by atoms with E-state index in [0.717, 1.165) is 4.31 Å². The summed E-state index contributed by atoms with van der Waals surface area (Å²) in [6.45, 7) is 0.430. The van der Waals surface area contributed by atoms with Crippen LogP contribution >= 0.6 is 0 Å². The molecule has 6 nitrogen and oxygen atoms in total. The molecule has 1 aromatic rings. The van der Waals surface area contributed by atoms with Crippen LogP contribution < -0.4 is 11.1 Å². The molecular formula is C14H18F3N3O3S. The van der Waals surface area contributed by atoms with Gasteiger partial charge in [0, 0.05) is 32.2 Å². The average Bonchev–Trinajstić information content (AvgIpc) is 2.55. The van der Waals surface area contributed by atoms with Gasteiger partial charge in [-0.3, -0.25) is 4.79 Å². The number of amides is 1. The van der Waals surface area contributed by atoms with Gasteiger partial charge in [-0.15, -0.1) is 0 Å². The molecule has 3 N–H and O–H groups in total. The first kappa shape index (κ1) is 18.7.